The molecule has 0 unspecified atom stereocenters. The number of aromatic nitrogens is 1. The van der Waals surface area contributed by atoms with Crippen LogP contribution in [-0.2, 0) is 5.75 Å². The molecule has 0 aliphatic rings. The molecule has 0 aliphatic heterocycles. The second kappa shape index (κ2) is 7.74. The fourth-order valence-corrected chi connectivity index (χ4v) is 2.47. The van der Waals surface area contributed by atoms with Gasteiger partial charge in [-0.3, -0.25) is 4.98 Å². The number of rotatable bonds is 5. The van der Waals surface area contributed by atoms with Crippen molar-refractivity contribution >= 4 is 17.4 Å². The molecule has 1 heterocycles. The van der Waals surface area contributed by atoms with Crippen molar-refractivity contribution < 1.29 is 0 Å². The third kappa shape index (κ3) is 4.38. The predicted octanol–water partition coefficient (Wildman–Crippen LogP) is 3.69. The molecule has 5 heteroatoms. The maximum Gasteiger partial charge on any atom is 0.159 e. The number of thioether (sulfide) groups is 1. The molecule has 1 aromatic heterocycles. The summed E-state index contributed by atoms with van der Waals surface area (Å²) in [4.78, 5) is 4.23. The first-order valence-electron chi connectivity index (χ1n) is 6.22. The van der Waals surface area contributed by atoms with Gasteiger partial charge in [0, 0.05) is 17.6 Å². The van der Waals surface area contributed by atoms with Gasteiger partial charge in [0.2, 0.25) is 0 Å². The molecule has 0 saturated heterocycles. The Labute approximate surface area is 127 Å². The van der Waals surface area contributed by atoms with E-state index in [-0.39, 0.29) is 5.57 Å². The number of allylic oxidation sites excluding steroid dienone is 1. The lowest BCUT2D eigenvalue weighted by molar-refractivity contribution is 1.18. The van der Waals surface area contributed by atoms with Crippen molar-refractivity contribution in [1.82, 2.24) is 4.98 Å². The van der Waals surface area contributed by atoms with Gasteiger partial charge in [0.1, 0.15) is 17.2 Å². The van der Waals surface area contributed by atoms with E-state index in [9.17, 15) is 0 Å². The van der Waals surface area contributed by atoms with Gasteiger partial charge in [-0.1, -0.05) is 36.0 Å². The van der Waals surface area contributed by atoms with Crippen LogP contribution >= 0.6 is 11.8 Å². The van der Waals surface area contributed by atoms with Gasteiger partial charge in [0.15, 0.2) is 5.57 Å². The minimum atomic E-state index is 0.0692. The molecule has 102 valence electrons. The Morgan fingerprint density at radius 1 is 1.05 bits per heavy atom. The molecule has 4 nitrogen and oxygen atoms in total. The standard InChI is InChI=1S/C16H12N4S/c17-10-13(11-18)16(20-14-6-2-1-3-7-14)21-12-15-8-4-5-9-19-15/h1-9,20H,12H2. The molecule has 1 aromatic carbocycles. The Morgan fingerprint density at radius 3 is 2.38 bits per heavy atom. The fourth-order valence-electron chi connectivity index (χ4n) is 1.58. The molecule has 0 spiro atoms. The maximum atomic E-state index is 9.07. The van der Waals surface area contributed by atoms with Gasteiger partial charge in [-0.25, -0.2) is 0 Å². The largest absolute Gasteiger partial charge is 0.349 e. The molecular formula is C16H12N4S. The number of nitrogens with one attached hydrogen (secondary N) is 1. The highest BCUT2D eigenvalue weighted by atomic mass is 32.2. The Hall–Kier alpha value is -2.76. The van der Waals surface area contributed by atoms with Gasteiger partial charge in [0.25, 0.3) is 0 Å². The van der Waals surface area contributed by atoms with Gasteiger partial charge < -0.3 is 5.32 Å². The van der Waals surface area contributed by atoms with Crippen molar-refractivity contribution in [2.45, 2.75) is 5.75 Å². The zero-order valence-electron chi connectivity index (χ0n) is 11.2. The number of nitrogens with zero attached hydrogens (tertiary/aromatic N) is 3. The first kappa shape index (κ1) is 14.6. The normalized spacial score (nSPS) is 9.24. The van der Waals surface area contributed by atoms with E-state index in [1.807, 2.05) is 60.7 Å². The predicted molar refractivity (Wildman–Crippen MR) is 83.8 cm³/mol. The summed E-state index contributed by atoms with van der Waals surface area (Å²) in [5.41, 5.74) is 1.80. The highest BCUT2D eigenvalue weighted by Gasteiger charge is 2.08. The van der Waals surface area contributed by atoms with Crippen molar-refractivity contribution in [2.75, 3.05) is 5.32 Å². The quantitative estimate of drug-likeness (QED) is 0.851. The summed E-state index contributed by atoms with van der Waals surface area (Å²) in [6.07, 6.45) is 1.72. The van der Waals surface area contributed by atoms with E-state index in [0.29, 0.717) is 10.8 Å². The first-order chi connectivity index (χ1) is 10.3. The van der Waals surface area contributed by atoms with Crippen LogP contribution in [0.2, 0.25) is 0 Å². The maximum absolute atomic E-state index is 9.07. The number of anilines is 1. The van der Waals surface area contributed by atoms with Crippen LogP contribution in [0.25, 0.3) is 0 Å². The first-order valence-corrected chi connectivity index (χ1v) is 7.21. The molecule has 0 saturated carbocycles. The topological polar surface area (TPSA) is 72.5 Å². The molecule has 21 heavy (non-hydrogen) atoms. The summed E-state index contributed by atoms with van der Waals surface area (Å²) in [5.74, 6) is 0.586. The number of hydrogen-bond donors (Lipinski definition) is 1. The molecule has 0 aliphatic carbocycles. The van der Waals surface area contributed by atoms with E-state index >= 15 is 0 Å². The van der Waals surface area contributed by atoms with E-state index in [1.54, 1.807) is 6.20 Å². The molecule has 0 amide bonds. The van der Waals surface area contributed by atoms with Crippen LogP contribution in [0.5, 0.6) is 0 Å². The zero-order chi connectivity index (χ0) is 14.9. The summed E-state index contributed by atoms with van der Waals surface area (Å²) in [6.45, 7) is 0. The van der Waals surface area contributed by atoms with Gasteiger partial charge >= 0.3 is 0 Å². The third-order valence-electron chi connectivity index (χ3n) is 2.57. The highest BCUT2D eigenvalue weighted by molar-refractivity contribution is 8.02. The molecule has 1 N–H and O–H groups in total. The van der Waals surface area contributed by atoms with Gasteiger partial charge in [-0.2, -0.15) is 10.5 Å². The van der Waals surface area contributed by atoms with Crippen LogP contribution in [0.3, 0.4) is 0 Å². The van der Waals surface area contributed by atoms with Crippen molar-refractivity contribution in [2.24, 2.45) is 0 Å². The Balaban J connectivity index is 2.16. The van der Waals surface area contributed by atoms with Crippen LogP contribution in [-0.4, -0.2) is 4.98 Å². The molecule has 0 radical (unpaired) electrons. The molecule has 2 rings (SSSR count). The van der Waals surface area contributed by atoms with Crippen molar-refractivity contribution in [1.29, 1.82) is 10.5 Å². The number of hydrogen-bond acceptors (Lipinski definition) is 5. The molecule has 0 fully saturated rings. The lowest BCUT2D eigenvalue weighted by Crippen LogP contribution is -2.00. The smallest absolute Gasteiger partial charge is 0.159 e. The summed E-state index contributed by atoms with van der Waals surface area (Å²) in [5, 5.41) is 21.8. The third-order valence-corrected chi connectivity index (χ3v) is 3.61. The lowest BCUT2D eigenvalue weighted by Gasteiger charge is -2.10. The Bertz CT molecular complexity index is 681. The second-order valence-corrected chi connectivity index (χ2v) is 5.01. The SMILES string of the molecule is N#CC(C#N)=C(Nc1ccccc1)SCc1ccccn1. The number of nitriles is 2. The number of pyridine rings is 1. The van der Waals surface area contributed by atoms with Crippen LogP contribution in [0, 0.1) is 22.7 Å². The van der Waals surface area contributed by atoms with Gasteiger partial charge in [-0.15, -0.1) is 0 Å². The van der Waals surface area contributed by atoms with E-state index < -0.39 is 0 Å². The molecule has 2 aromatic rings. The van der Waals surface area contributed by atoms with Crippen molar-refractivity contribution in [3.8, 4) is 12.1 Å². The minimum Gasteiger partial charge on any atom is -0.349 e. The molecular weight excluding hydrogens is 280 g/mol. The highest BCUT2D eigenvalue weighted by Crippen LogP contribution is 2.25. The summed E-state index contributed by atoms with van der Waals surface area (Å²) < 4.78 is 0. The number of para-hydroxylation sites is 1. The van der Waals surface area contributed by atoms with Crippen LogP contribution in [0.15, 0.2) is 65.3 Å². The fraction of sp³-hybridized carbons (Fsp3) is 0.0625. The average molecular weight is 292 g/mol. The minimum absolute atomic E-state index is 0.0692. The van der Waals surface area contributed by atoms with Gasteiger partial charge in [-0.05, 0) is 24.3 Å². The molecule has 0 bridgehead atoms. The van der Waals surface area contributed by atoms with Gasteiger partial charge in [0.05, 0.1) is 5.69 Å². The van der Waals surface area contributed by atoms with Crippen LogP contribution in [0.1, 0.15) is 5.69 Å². The summed E-state index contributed by atoms with van der Waals surface area (Å²) >= 11 is 1.39. The van der Waals surface area contributed by atoms with E-state index in [2.05, 4.69) is 10.3 Å². The van der Waals surface area contributed by atoms with Crippen molar-refractivity contribution in [3.05, 3.63) is 71.0 Å². The Kier molecular flexibility index (Phi) is 5.40. The Morgan fingerprint density at radius 2 is 1.76 bits per heavy atom. The summed E-state index contributed by atoms with van der Waals surface area (Å²) in [7, 11) is 0. The van der Waals surface area contributed by atoms with E-state index in [4.69, 9.17) is 10.5 Å². The van der Waals surface area contributed by atoms with Crippen molar-refractivity contribution in [3.63, 3.8) is 0 Å². The zero-order valence-corrected chi connectivity index (χ0v) is 12.0. The average Bonchev–Trinajstić information content (AvgIpc) is 2.55. The monoisotopic (exact) mass is 292 g/mol. The second-order valence-electron chi connectivity index (χ2n) is 4.03. The molecule has 0 atom stereocenters. The van der Waals surface area contributed by atoms with Crippen LogP contribution in [0.4, 0.5) is 5.69 Å². The van der Waals surface area contributed by atoms with E-state index in [0.717, 1.165) is 11.4 Å². The lowest BCUT2D eigenvalue weighted by atomic mass is 10.3. The van der Waals surface area contributed by atoms with Crippen LogP contribution < -0.4 is 5.32 Å². The van der Waals surface area contributed by atoms with E-state index in [1.165, 1.54) is 11.8 Å². The summed E-state index contributed by atoms with van der Waals surface area (Å²) in [6, 6.07) is 19.0. The number of benzene rings is 1.